The Morgan fingerprint density at radius 2 is 1.78 bits per heavy atom. The van der Waals surface area contributed by atoms with E-state index >= 15 is 0 Å². The van der Waals surface area contributed by atoms with Gasteiger partial charge in [0.25, 0.3) is 0 Å². The molecule has 2 aromatic rings. The lowest BCUT2D eigenvalue weighted by Gasteiger charge is -2.21. The maximum Gasteiger partial charge on any atom is 0.148 e. The topological polar surface area (TPSA) is 58.0 Å². The number of aliphatic hydroxyl groups excluding tert-OH is 1. The molecular formula is C14H19N3O. The fourth-order valence-electron chi connectivity index (χ4n) is 1.82. The summed E-state index contributed by atoms with van der Waals surface area (Å²) in [5.74, 6) is 1.09. The van der Waals surface area contributed by atoms with Gasteiger partial charge in [-0.25, -0.2) is 9.97 Å². The SMILES string of the molecule is Cc1nc2ccccc2nc1N[C@H](CO)C(C)C. The van der Waals surface area contributed by atoms with Crippen molar-refractivity contribution in [2.75, 3.05) is 11.9 Å². The van der Waals surface area contributed by atoms with Crippen LogP contribution in [0, 0.1) is 12.8 Å². The number of nitrogens with zero attached hydrogens (tertiary/aromatic N) is 2. The van der Waals surface area contributed by atoms with Gasteiger partial charge in [0.15, 0.2) is 0 Å². The summed E-state index contributed by atoms with van der Waals surface area (Å²) < 4.78 is 0. The summed E-state index contributed by atoms with van der Waals surface area (Å²) in [5, 5.41) is 12.6. The molecule has 0 saturated carbocycles. The van der Waals surface area contributed by atoms with Crippen molar-refractivity contribution in [3.05, 3.63) is 30.0 Å². The van der Waals surface area contributed by atoms with Crippen molar-refractivity contribution in [2.45, 2.75) is 26.8 Å². The van der Waals surface area contributed by atoms with Crippen LogP contribution in [0.3, 0.4) is 0 Å². The molecule has 0 unspecified atom stereocenters. The quantitative estimate of drug-likeness (QED) is 0.868. The summed E-state index contributed by atoms with van der Waals surface area (Å²) in [6.07, 6.45) is 0. The molecule has 1 heterocycles. The molecule has 4 nitrogen and oxygen atoms in total. The molecule has 0 radical (unpaired) electrons. The van der Waals surface area contributed by atoms with Crippen molar-refractivity contribution in [1.82, 2.24) is 9.97 Å². The number of para-hydroxylation sites is 2. The Kier molecular flexibility index (Phi) is 3.77. The van der Waals surface area contributed by atoms with E-state index in [0.717, 1.165) is 22.5 Å². The molecule has 1 aromatic heterocycles. The highest BCUT2D eigenvalue weighted by Crippen LogP contribution is 2.18. The summed E-state index contributed by atoms with van der Waals surface area (Å²) in [4.78, 5) is 9.08. The predicted octanol–water partition coefficient (Wildman–Crippen LogP) is 2.37. The van der Waals surface area contributed by atoms with Crippen LogP contribution in [-0.4, -0.2) is 27.7 Å². The molecule has 0 aliphatic rings. The van der Waals surface area contributed by atoms with Crippen molar-refractivity contribution in [2.24, 2.45) is 5.92 Å². The first-order valence-corrected chi connectivity index (χ1v) is 6.22. The summed E-state index contributed by atoms with van der Waals surface area (Å²) in [7, 11) is 0. The van der Waals surface area contributed by atoms with Gasteiger partial charge < -0.3 is 10.4 Å². The van der Waals surface area contributed by atoms with Gasteiger partial charge in [0, 0.05) is 0 Å². The minimum atomic E-state index is -0.000776. The van der Waals surface area contributed by atoms with Gasteiger partial charge in [0.2, 0.25) is 0 Å². The summed E-state index contributed by atoms with van der Waals surface area (Å²) >= 11 is 0. The fraction of sp³-hybridized carbons (Fsp3) is 0.429. The van der Waals surface area contributed by atoms with E-state index in [-0.39, 0.29) is 12.6 Å². The van der Waals surface area contributed by atoms with E-state index in [0.29, 0.717) is 5.92 Å². The third-order valence-corrected chi connectivity index (χ3v) is 3.07. The van der Waals surface area contributed by atoms with Crippen molar-refractivity contribution in [1.29, 1.82) is 0 Å². The molecule has 1 aromatic carbocycles. The molecule has 4 heteroatoms. The predicted molar refractivity (Wildman–Crippen MR) is 73.6 cm³/mol. The normalized spacial score (nSPS) is 12.9. The second kappa shape index (κ2) is 5.31. The van der Waals surface area contributed by atoms with Gasteiger partial charge >= 0.3 is 0 Å². The standard InChI is InChI=1S/C14H19N3O/c1-9(2)13(8-18)17-14-10(3)15-11-6-4-5-7-12(11)16-14/h4-7,9,13,18H,8H2,1-3H3,(H,16,17)/t13-/m1/s1. The van der Waals surface area contributed by atoms with E-state index < -0.39 is 0 Å². The monoisotopic (exact) mass is 245 g/mol. The van der Waals surface area contributed by atoms with Crippen LogP contribution in [0.15, 0.2) is 24.3 Å². The van der Waals surface area contributed by atoms with Crippen LogP contribution in [0.5, 0.6) is 0 Å². The minimum absolute atomic E-state index is 0.000776. The third kappa shape index (κ3) is 2.59. The molecule has 1 atom stereocenters. The van der Waals surface area contributed by atoms with Gasteiger partial charge in [-0.1, -0.05) is 26.0 Å². The number of rotatable bonds is 4. The van der Waals surface area contributed by atoms with Gasteiger partial charge in [0.1, 0.15) is 5.82 Å². The van der Waals surface area contributed by atoms with Gasteiger partial charge in [-0.2, -0.15) is 0 Å². The summed E-state index contributed by atoms with van der Waals surface area (Å²) in [6.45, 7) is 6.15. The number of hydrogen-bond acceptors (Lipinski definition) is 4. The highest BCUT2D eigenvalue weighted by molar-refractivity contribution is 5.76. The fourth-order valence-corrected chi connectivity index (χ4v) is 1.82. The first-order valence-electron chi connectivity index (χ1n) is 6.22. The summed E-state index contributed by atoms with van der Waals surface area (Å²) in [5.41, 5.74) is 2.62. The van der Waals surface area contributed by atoms with E-state index in [4.69, 9.17) is 0 Å². The van der Waals surface area contributed by atoms with E-state index in [9.17, 15) is 5.11 Å². The Labute approximate surface area is 107 Å². The lowest BCUT2D eigenvalue weighted by Crippen LogP contribution is -2.30. The van der Waals surface area contributed by atoms with Crippen LogP contribution < -0.4 is 5.32 Å². The Balaban J connectivity index is 2.35. The zero-order valence-electron chi connectivity index (χ0n) is 11.0. The number of aromatic nitrogens is 2. The molecule has 0 aliphatic carbocycles. The van der Waals surface area contributed by atoms with E-state index in [2.05, 4.69) is 29.1 Å². The zero-order valence-corrected chi connectivity index (χ0v) is 11.0. The number of benzene rings is 1. The number of hydrogen-bond donors (Lipinski definition) is 2. The average Bonchev–Trinajstić information content (AvgIpc) is 2.35. The number of aliphatic hydroxyl groups is 1. The first kappa shape index (κ1) is 12.8. The molecule has 2 N–H and O–H groups in total. The highest BCUT2D eigenvalue weighted by Gasteiger charge is 2.14. The maximum atomic E-state index is 9.35. The lowest BCUT2D eigenvalue weighted by molar-refractivity contribution is 0.249. The smallest absolute Gasteiger partial charge is 0.148 e. The summed E-state index contributed by atoms with van der Waals surface area (Å²) in [6, 6.07) is 7.79. The Morgan fingerprint density at radius 1 is 1.17 bits per heavy atom. The molecule has 2 rings (SSSR count). The second-order valence-corrected chi connectivity index (χ2v) is 4.82. The molecule has 0 spiro atoms. The Bertz CT molecular complexity index is 540. The van der Waals surface area contributed by atoms with Crippen LogP contribution in [0.25, 0.3) is 11.0 Å². The Morgan fingerprint density at radius 3 is 2.33 bits per heavy atom. The minimum Gasteiger partial charge on any atom is -0.394 e. The molecule has 96 valence electrons. The van der Waals surface area contributed by atoms with E-state index in [1.807, 2.05) is 31.2 Å². The van der Waals surface area contributed by atoms with Gasteiger partial charge in [-0.3, -0.25) is 0 Å². The highest BCUT2D eigenvalue weighted by atomic mass is 16.3. The van der Waals surface area contributed by atoms with Crippen LogP contribution in [0.4, 0.5) is 5.82 Å². The number of anilines is 1. The largest absolute Gasteiger partial charge is 0.394 e. The van der Waals surface area contributed by atoms with Gasteiger partial charge in [-0.15, -0.1) is 0 Å². The maximum absolute atomic E-state index is 9.35. The van der Waals surface area contributed by atoms with E-state index in [1.165, 1.54) is 0 Å². The number of nitrogens with one attached hydrogen (secondary N) is 1. The molecule has 0 aliphatic heterocycles. The van der Waals surface area contributed by atoms with Crippen molar-refractivity contribution in [3.8, 4) is 0 Å². The first-order chi connectivity index (χ1) is 8.61. The molecule has 0 fully saturated rings. The third-order valence-electron chi connectivity index (χ3n) is 3.07. The van der Waals surface area contributed by atoms with Crippen LogP contribution in [-0.2, 0) is 0 Å². The van der Waals surface area contributed by atoms with Crippen LogP contribution in [0.1, 0.15) is 19.5 Å². The zero-order chi connectivity index (χ0) is 13.1. The average molecular weight is 245 g/mol. The lowest BCUT2D eigenvalue weighted by atomic mass is 10.1. The van der Waals surface area contributed by atoms with Crippen molar-refractivity contribution < 1.29 is 5.11 Å². The molecule has 0 saturated heterocycles. The van der Waals surface area contributed by atoms with Gasteiger partial charge in [0.05, 0.1) is 29.4 Å². The molecular weight excluding hydrogens is 226 g/mol. The van der Waals surface area contributed by atoms with Crippen LogP contribution >= 0.6 is 0 Å². The Hall–Kier alpha value is -1.68. The van der Waals surface area contributed by atoms with Gasteiger partial charge in [-0.05, 0) is 25.0 Å². The second-order valence-electron chi connectivity index (χ2n) is 4.82. The number of aryl methyl sites for hydroxylation is 1. The molecule has 0 bridgehead atoms. The molecule has 0 amide bonds. The van der Waals surface area contributed by atoms with Crippen molar-refractivity contribution in [3.63, 3.8) is 0 Å². The molecule has 18 heavy (non-hydrogen) atoms. The van der Waals surface area contributed by atoms with Crippen molar-refractivity contribution >= 4 is 16.9 Å². The van der Waals surface area contributed by atoms with Crippen LogP contribution in [0.2, 0.25) is 0 Å². The van der Waals surface area contributed by atoms with E-state index in [1.54, 1.807) is 0 Å². The number of fused-ring (bicyclic) bond motifs is 1.